The summed E-state index contributed by atoms with van der Waals surface area (Å²) in [6, 6.07) is 10.7. The van der Waals surface area contributed by atoms with E-state index in [4.69, 9.17) is 9.47 Å². The second-order valence-corrected chi connectivity index (χ2v) is 8.33. The molecule has 1 aromatic heterocycles. The van der Waals surface area contributed by atoms with Crippen LogP contribution in [0.4, 0.5) is 15.2 Å². The third kappa shape index (κ3) is 6.66. The number of amides is 2. The summed E-state index contributed by atoms with van der Waals surface area (Å²) < 4.78 is 23.9. The van der Waals surface area contributed by atoms with Gasteiger partial charge in [-0.05, 0) is 42.0 Å². The Hall–Kier alpha value is -3.18. The number of ether oxygens (including phenoxy) is 2. The van der Waals surface area contributed by atoms with E-state index in [2.05, 4.69) is 20.8 Å². The average molecular weight is 463 g/mol. The van der Waals surface area contributed by atoms with Gasteiger partial charge in [0.15, 0.2) is 15.8 Å². The van der Waals surface area contributed by atoms with Crippen molar-refractivity contribution in [1.29, 1.82) is 0 Å². The molecular formula is C20H19FN4O4S2. The van der Waals surface area contributed by atoms with Crippen LogP contribution in [-0.2, 0) is 16.0 Å². The molecule has 0 saturated carbocycles. The van der Waals surface area contributed by atoms with Gasteiger partial charge in [-0.15, -0.1) is 10.2 Å². The molecule has 2 aromatic carbocycles. The summed E-state index contributed by atoms with van der Waals surface area (Å²) in [5.74, 6) is 0.343. The smallest absolute Gasteiger partial charge is 0.234 e. The van der Waals surface area contributed by atoms with Gasteiger partial charge in [0.25, 0.3) is 0 Å². The van der Waals surface area contributed by atoms with Crippen LogP contribution in [0, 0.1) is 5.82 Å². The van der Waals surface area contributed by atoms with E-state index in [9.17, 15) is 14.0 Å². The van der Waals surface area contributed by atoms with E-state index < -0.39 is 0 Å². The summed E-state index contributed by atoms with van der Waals surface area (Å²) in [6.45, 7) is 0. The van der Waals surface area contributed by atoms with Crippen LogP contribution in [0.5, 0.6) is 11.5 Å². The molecule has 0 aliphatic heterocycles. The Morgan fingerprint density at radius 2 is 1.74 bits per heavy atom. The lowest BCUT2D eigenvalue weighted by atomic mass is 10.1. The molecule has 1 heterocycles. The number of anilines is 2. The van der Waals surface area contributed by atoms with Gasteiger partial charge in [0.2, 0.25) is 16.9 Å². The van der Waals surface area contributed by atoms with Crippen LogP contribution in [0.25, 0.3) is 0 Å². The number of rotatable bonds is 9. The quantitative estimate of drug-likeness (QED) is 0.370. The van der Waals surface area contributed by atoms with Gasteiger partial charge in [0.05, 0.1) is 26.4 Å². The molecule has 3 rings (SSSR count). The van der Waals surface area contributed by atoms with Crippen molar-refractivity contribution in [1.82, 2.24) is 10.2 Å². The van der Waals surface area contributed by atoms with Crippen molar-refractivity contribution in [2.45, 2.75) is 10.8 Å². The Kier molecular flexibility index (Phi) is 7.79. The number of benzene rings is 2. The van der Waals surface area contributed by atoms with E-state index in [-0.39, 0.29) is 29.8 Å². The molecule has 3 aromatic rings. The van der Waals surface area contributed by atoms with Crippen molar-refractivity contribution >= 4 is 45.7 Å². The lowest BCUT2D eigenvalue weighted by molar-refractivity contribution is -0.115. The number of carbonyl (C=O) groups excluding carboxylic acids is 2. The van der Waals surface area contributed by atoms with Crippen molar-refractivity contribution in [2.24, 2.45) is 0 Å². The first-order valence-electron chi connectivity index (χ1n) is 8.99. The number of hydrogen-bond acceptors (Lipinski definition) is 8. The van der Waals surface area contributed by atoms with Crippen LogP contribution in [0.15, 0.2) is 46.8 Å². The standard InChI is InChI=1S/C20H19FN4O4S2/c1-28-15-8-3-12(9-16(15)29-2)10-17(26)23-19-24-25-20(31-19)30-11-18(27)22-14-6-4-13(21)5-7-14/h3-9H,10-11H2,1-2H3,(H,22,27)(H,23,24,26). The second kappa shape index (κ2) is 10.7. The molecule has 0 aliphatic carbocycles. The van der Waals surface area contributed by atoms with Gasteiger partial charge in [0, 0.05) is 5.69 Å². The highest BCUT2D eigenvalue weighted by Crippen LogP contribution is 2.28. The molecule has 11 heteroatoms. The summed E-state index contributed by atoms with van der Waals surface area (Å²) in [5, 5.41) is 13.6. The Labute approximate surface area is 186 Å². The number of hydrogen-bond donors (Lipinski definition) is 2. The third-order valence-corrected chi connectivity index (χ3v) is 5.89. The van der Waals surface area contributed by atoms with E-state index >= 15 is 0 Å². The number of methoxy groups -OCH3 is 2. The van der Waals surface area contributed by atoms with Crippen LogP contribution in [-0.4, -0.2) is 42.0 Å². The monoisotopic (exact) mass is 462 g/mol. The molecule has 2 N–H and O–H groups in total. The Bertz CT molecular complexity index is 1060. The topological polar surface area (TPSA) is 102 Å². The molecule has 0 atom stereocenters. The van der Waals surface area contributed by atoms with Gasteiger partial charge in [-0.1, -0.05) is 29.2 Å². The fourth-order valence-corrected chi connectivity index (χ4v) is 4.08. The highest BCUT2D eigenvalue weighted by atomic mass is 32.2. The zero-order chi connectivity index (χ0) is 22.2. The lowest BCUT2D eigenvalue weighted by Crippen LogP contribution is -2.14. The van der Waals surface area contributed by atoms with Crippen LogP contribution >= 0.6 is 23.1 Å². The zero-order valence-corrected chi connectivity index (χ0v) is 18.3. The Morgan fingerprint density at radius 3 is 2.45 bits per heavy atom. The normalized spacial score (nSPS) is 10.4. The number of carbonyl (C=O) groups is 2. The summed E-state index contributed by atoms with van der Waals surface area (Å²) in [5.41, 5.74) is 1.26. The fraction of sp³-hybridized carbons (Fsp3) is 0.200. The number of halogens is 1. The molecule has 8 nitrogen and oxygen atoms in total. The minimum Gasteiger partial charge on any atom is -0.493 e. The molecule has 0 saturated heterocycles. The van der Waals surface area contributed by atoms with Gasteiger partial charge < -0.3 is 20.1 Å². The maximum Gasteiger partial charge on any atom is 0.234 e. The second-order valence-electron chi connectivity index (χ2n) is 6.13. The molecule has 0 spiro atoms. The molecule has 0 unspecified atom stereocenters. The molecule has 0 aliphatic rings. The van der Waals surface area contributed by atoms with Gasteiger partial charge >= 0.3 is 0 Å². The number of aromatic nitrogens is 2. The molecule has 162 valence electrons. The van der Waals surface area contributed by atoms with Gasteiger partial charge in [-0.25, -0.2) is 4.39 Å². The Balaban J connectivity index is 1.48. The fourth-order valence-electron chi connectivity index (χ4n) is 2.52. The predicted molar refractivity (Wildman–Crippen MR) is 118 cm³/mol. The highest BCUT2D eigenvalue weighted by Gasteiger charge is 2.13. The minimum absolute atomic E-state index is 0.103. The van der Waals surface area contributed by atoms with Crippen molar-refractivity contribution < 1.29 is 23.5 Å². The van der Waals surface area contributed by atoms with E-state index in [0.717, 1.165) is 5.56 Å². The molecule has 0 fully saturated rings. The van der Waals surface area contributed by atoms with Crippen molar-refractivity contribution in [2.75, 3.05) is 30.6 Å². The van der Waals surface area contributed by atoms with Crippen molar-refractivity contribution in [3.05, 3.63) is 53.8 Å². The van der Waals surface area contributed by atoms with Gasteiger partial charge in [0.1, 0.15) is 5.82 Å². The maximum absolute atomic E-state index is 12.9. The Morgan fingerprint density at radius 1 is 1.00 bits per heavy atom. The van der Waals surface area contributed by atoms with E-state index in [1.807, 2.05) is 0 Å². The minimum atomic E-state index is -0.373. The number of nitrogens with zero attached hydrogens (tertiary/aromatic N) is 2. The van der Waals surface area contributed by atoms with E-state index in [1.165, 1.54) is 54.5 Å². The maximum atomic E-state index is 12.9. The van der Waals surface area contributed by atoms with Crippen LogP contribution in [0.1, 0.15) is 5.56 Å². The zero-order valence-electron chi connectivity index (χ0n) is 16.7. The molecule has 31 heavy (non-hydrogen) atoms. The lowest BCUT2D eigenvalue weighted by Gasteiger charge is -2.09. The van der Waals surface area contributed by atoms with E-state index in [1.54, 1.807) is 25.3 Å². The summed E-state index contributed by atoms with van der Waals surface area (Å²) in [6.07, 6.45) is 0.127. The van der Waals surface area contributed by atoms with Crippen molar-refractivity contribution in [3.8, 4) is 11.5 Å². The average Bonchev–Trinajstić information content (AvgIpc) is 3.21. The summed E-state index contributed by atoms with van der Waals surface area (Å²) in [7, 11) is 3.07. The molecular weight excluding hydrogens is 443 g/mol. The van der Waals surface area contributed by atoms with Crippen LogP contribution < -0.4 is 20.1 Å². The van der Waals surface area contributed by atoms with Gasteiger partial charge in [-0.3, -0.25) is 9.59 Å². The first kappa shape index (κ1) is 22.5. The predicted octanol–water partition coefficient (Wildman–Crippen LogP) is 3.61. The SMILES string of the molecule is COc1ccc(CC(=O)Nc2nnc(SCC(=O)Nc3ccc(F)cc3)s2)cc1OC. The van der Waals surface area contributed by atoms with Crippen LogP contribution in [0.2, 0.25) is 0 Å². The van der Waals surface area contributed by atoms with Crippen molar-refractivity contribution in [3.63, 3.8) is 0 Å². The molecule has 2 amide bonds. The first-order valence-corrected chi connectivity index (χ1v) is 10.8. The molecule has 0 bridgehead atoms. The van der Waals surface area contributed by atoms with Crippen LogP contribution in [0.3, 0.4) is 0 Å². The summed E-state index contributed by atoms with van der Waals surface area (Å²) >= 11 is 2.36. The van der Waals surface area contributed by atoms with E-state index in [0.29, 0.717) is 26.7 Å². The molecule has 0 radical (unpaired) electrons. The number of nitrogens with one attached hydrogen (secondary N) is 2. The largest absolute Gasteiger partial charge is 0.493 e. The first-order chi connectivity index (χ1) is 15.0. The highest BCUT2D eigenvalue weighted by molar-refractivity contribution is 8.01. The number of thioether (sulfide) groups is 1. The third-order valence-electron chi connectivity index (χ3n) is 3.92. The van der Waals surface area contributed by atoms with Gasteiger partial charge in [-0.2, -0.15) is 0 Å². The summed E-state index contributed by atoms with van der Waals surface area (Å²) in [4.78, 5) is 24.3.